The van der Waals surface area contributed by atoms with Crippen LogP contribution in [-0.4, -0.2) is 41.8 Å². The van der Waals surface area contributed by atoms with Gasteiger partial charge in [-0.15, -0.1) is 0 Å². The average molecular weight is 290 g/mol. The quantitative estimate of drug-likeness (QED) is 0.855. The van der Waals surface area contributed by atoms with Gasteiger partial charge in [-0.3, -0.25) is 9.59 Å². The lowest BCUT2D eigenvalue weighted by Gasteiger charge is -2.32. The van der Waals surface area contributed by atoms with Crippen LogP contribution in [0.2, 0.25) is 0 Å². The highest BCUT2D eigenvalue weighted by molar-refractivity contribution is 5.94. The first kappa shape index (κ1) is 15.5. The van der Waals surface area contributed by atoms with Crippen LogP contribution in [0.25, 0.3) is 0 Å². The van der Waals surface area contributed by atoms with Crippen LogP contribution >= 0.6 is 0 Å². The topological polar surface area (TPSA) is 72.6 Å². The predicted octanol–water partition coefficient (Wildman–Crippen LogP) is 1.61. The summed E-state index contributed by atoms with van der Waals surface area (Å²) in [7, 11) is 0. The lowest BCUT2D eigenvalue weighted by molar-refractivity contribution is -0.139. The summed E-state index contributed by atoms with van der Waals surface area (Å²) in [6.45, 7) is 4.54. The van der Waals surface area contributed by atoms with Crippen molar-refractivity contribution in [1.82, 2.24) is 4.90 Å². The lowest BCUT2D eigenvalue weighted by atomic mass is 10.1. The van der Waals surface area contributed by atoms with Gasteiger partial charge in [-0.2, -0.15) is 0 Å². The van der Waals surface area contributed by atoms with Gasteiger partial charge in [-0.25, -0.2) is 0 Å². The molecule has 1 fully saturated rings. The third-order valence-electron chi connectivity index (χ3n) is 3.67. The molecule has 1 aromatic rings. The smallest absolute Gasteiger partial charge is 0.263 e. The van der Waals surface area contributed by atoms with Gasteiger partial charge >= 0.3 is 0 Å². The third kappa shape index (κ3) is 4.04. The maximum Gasteiger partial charge on any atom is 0.263 e. The Balaban J connectivity index is 2.00. The Morgan fingerprint density at radius 2 is 2.19 bits per heavy atom. The fraction of sp³-hybridized carbons (Fsp3) is 0.500. The van der Waals surface area contributed by atoms with Crippen LogP contribution in [-0.2, 0) is 4.79 Å². The molecule has 0 radical (unpaired) electrons. The third-order valence-corrected chi connectivity index (χ3v) is 3.67. The van der Waals surface area contributed by atoms with Gasteiger partial charge < -0.3 is 15.4 Å². The van der Waals surface area contributed by atoms with Crippen molar-refractivity contribution >= 4 is 11.7 Å². The lowest BCUT2D eigenvalue weighted by Crippen LogP contribution is -2.49. The van der Waals surface area contributed by atoms with E-state index in [4.69, 9.17) is 10.5 Å². The number of ether oxygens (including phenoxy) is 1. The summed E-state index contributed by atoms with van der Waals surface area (Å²) in [6, 6.07) is 6.94. The molecular weight excluding hydrogens is 268 g/mol. The number of hydrogen-bond donors (Lipinski definition) is 1. The Bertz CT molecular complexity index is 530. The van der Waals surface area contributed by atoms with Crippen molar-refractivity contribution in [2.45, 2.75) is 38.8 Å². The van der Waals surface area contributed by atoms with Crippen LogP contribution in [0.3, 0.4) is 0 Å². The van der Waals surface area contributed by atoms with Crippen LogP contribution in [0.4, 0.5) is 0 Å². The highest BCUT2D eigenvalue weighted by Crippen LogP contribution is 2.17. The molecular formula is C16H22N2O3. The van der Waals surface area contributed by atoms with Gasteiger partial charge in [0.1, 0.15) is 5.75 Å². The number of piperidine rings is 1. The van der Waals surface area contributed by atoms with Gasteiger partial charge in [0.2, 0.25) is 0 Å². The van der Waals surface area contributed by atoms with Gasteiger partial charge in [0.25, 0.3) is 5.91 Å². The Morgan fingerprint density at radius 1 is 1.43 bits per heavy atom. The maximum absolute atomic E-state index is 12.3. The zero-order valence-electron chi connectivity index (χ0n) is 12.5. The summed E-state index contributed by atoms with van der Waals surface area (Å²) in [6.07, 6.45) is 1.30. The minimum Gasteiger partial charge on any atom is -0.481 e. The second kappa shape index (κ2) is 6.72. The van der Waals surface area contributed by atoms with Crippen LogP contribution in [0.15, 0.2) is 24.3 Å². The predicted molar refractivity (Wildman–Crippen MR) is 80.3 cm³/mol. The first-order valence-electron chi connectivity index (χ1n) is 7.29. The van der Waals surface area contributed by atoms with Crippen molar-refractivity contribution in [3.8, 4) is 5.75 Å². The summed E-state index contributed by atoms with van der Waals surface area (Å²) in [5.74, 6) is 0.449. The number of Topliss-reactive ketones (excluding diaryl/α,β-unsaturated/α-hetero) is 1. The Hall–Kier alpha value is -1.88. The monoisotopic (exact) mass is 290 g/mol. The van der Waals surface area contributed by atoms with Gasteiger partial charge in [0.15, 0.2) is 11.9 Å². The van der Waals surface area contributed by atoms with Crippen molar-refractivity contribution in [1.29, 1.82) is 0 Å². The summed E-state index contributed by atoms with van der Waals surface area (Å²) in [5.41, 5.74) is 6.47. The summed E-state index contributed by atoms with van der Waals surface area (Å²) >= 11 is 0. The first-order valence-corrected chi connectivity index (χ1v) is 7.29. The Labute approximate surface area is 125 Å². The number of rotatable bonds is 4. The maximum atomic E-state index is 12.3. The standard InChI is InChI=1S/C16H22N2O3/c1-11(19)13-5-3-7-15(9-13)21-12(2)16(20)18-8-4-6-14(17)10-18/h3,5,7,9,12,14H,4,6,8,10,17H2,1-2H3. The molecule has 0 spiro atoms. The zero-order valence-corrected chi connectivity index (χ0v) is 12.5. The molecule has 0 aromatic heterocycles. The molecule has 1 aliphatic heterocycles. The molecule has 1 aromatic carbocycles. The largest absolute Gasteiger partial charge is 0.481 e. The van der Waals surface area contributed by atoms with Gasteiger partial charge in [-0.05, 0) is 38.8 Å². The van der Waals surface area contributed by atoms with Crippen molar-refractivity contribution < 1.29 is 14.3 Å². The van der Waals surface area contributed by atoms with Gasteiger partial charge in [0, 0.05) is 24.7 Å². The first-order chi connectivity index (χ1) is 9.97. The molecule has 5 heteroatoms. The Morgan fingerprint density at radius 3 is 2.86 bits per heavy atom. The minimum absolute atomic E-state index is 0.0265. The van der Waals surface area contributed by atoms with Crippen molar-refractivity contribution in [2.24, 2.45) is 5.73 Å². The molecule has 2 unspecified atom stereocenters. The molecule has 1 heterocycles. The highest BCUT2D eigenvalue weighted by Gasteiger charge is 2.26. The molecule has 0 saturated carbocycles. The van der Waals surface area contributed by atoms with E-state index in [1.54, 1.807) is 36.1 Å². The fourth-order valence-electron chi connectivity index (χ4n) is 2.51. The number of carbonyl (C=O) groups is 2. The van der Waals surface area contributed by atoms with Gasteiger partial charge in [-0.1, -0.05) is 12.1 Å². The van der Waals surface area contributed by atoms with Crippen LogP contribution in [0.1, 0.15) is 37.0 Å². The number of carbonyl (C=O) groups excluding carboxylic acids is 2. The number of hydrogen-bond acceptors (Lipinski definition) is 4. The Kier molecular flexibility index (Phi) is 4.96. The summed E-state index contributed by atoms with van der Waals surface area (Å²) in [5, 5.41) is 0. The second-order valence-electron chi connectivity index (χ2n) is 5.53. The average Bonchev–Trinajstić information content (AvgIpc) is 2.46. The number of amides is 1. The van der Waals surface area contributed by atoms with E-state index in [1.807, 2.05) is 0 Å². The number of nitrogens with zero attached hydrogens (tertiary/aromatic N) is 1. The molecule has 1 amide bonds. The second-order valence-corrected chi connectivity index (χ2v) is 5.53. The number of benzene rings is 1. The van der Waals surface area contributed by atoms with Crippen molar-refractivity contribution in [3.63, 3.8) is 0 Å². The minimum atomic E-state index is -0.586. The number of ketones is 1. The van der Waals surface area contributed by atoms with E-state index < -0.39 is 6.10 Å². The van der Waals surface area contributed by atoms with Crippen LogP contribution < -0.4 is 10.5 Å². The summed E-state index contributed by atoms with van der Waals surface area (Å²) in [4.78, 5) is 25.5. The van der Waals surface area contributed by atoms with E-state index in [9.17, 15) is 9.59 Å². The molecule has 2 N–H and O–H groups in total. The molecule has 21 heavy (non-hydrogen) atoms. The molecule has 114 valence electrons. The zero-order chi connectivity index (χ0) is 15.4. The molecule has 2 atom stereocenters. The van der Waals surface area contributed by atoms with Gasteiger partial charge in [0.05, 0.1) is 0 Å². The van der Waals surface area contributed by atoms with E-state index in [1.165, 1.54) is 6.92 Å². The highest BCUT2D eigenvalue weighted by atomic mass is 16.5. The van der Waals surface area contributed by atoms with E-state index in [2.05, 4.69) is 0 Å². The molecule has 2 rings (SSSR count). The molecule has 1 aliphatic rings. The van der Waals surface area contributed by atoms with E-state index >= 15 is 0 Å². The van der Waals surface area contributed by atoms with Crippen LogP contribution in [0.5, 0.6) is 5.75 Å². The SMILES string of the molecule is CC(=O)c1cccc(OC(C)C(=O)N2CCCC(N)C2)c1. The fourth-order valence-corrected chi connectivity index (χ4v) is 2.51. The van der Waals surface area contributed by atoms with E-state index in [0.717, 1.165) is 19.4 Å². The van der Waals surface area contributed by atoms with Crippen molar-refractivity contribution in [2.75, 3.05) is 13.1 Å². The van der Waals surface area contributed by atoms with Crippen molar-refractivity contribution in [3.05, 3.63) is 29.8 Å². The normalized spacial score (nSPS) is 20.0. The number of likely N-dealkylation sites (tertiary alicyclic amines) is 1. The van der Waals surface area contributed by atoms with Crippen LogP contribution in [0, 0.1) is 0 Å². The number of nitrogens with two attached hydrogens (primary N) is 1. The molecule has 0 aliphatic carbocycles. The molecule has 5 nitrogen and oxygen atoms in total. The van der Waals surface area contributed by atoms with E-state index in [-0.39, 0.29) is 17.7 Å². The summed E-state index contributed by atoms with van der Waals surface area (Å²) < 4.78 is 5.67. The van der Waals surface area contributed by atoms with E-state index in [0.29, 0.717) is 17.9 Å². The molecule has 0 bridgehead atoms. The molecule has 1 saturated heterocycles.